The van der Waals surface area contributed by atoms with Crippen molar-refractivity contribution in [3.05, 3.63) is 94.5 Å². The van der Waals surface area contributed by atoms with Gasteiger partial charge < -0.3 is 5.32 Å². The Balaban J connectivity index is 1.64. The van der Waals surface area contributed by atoms with Gasteiger partial charge in [-0.3, -0.25) is 9.52 Å². The zero-order valence-electron chi connectivity index (χ0n) is 16.6. The Hall–Kier alpha value is -2.83. The first-order valence-electron chi connectivity index (χ1n) is 9.56. The van der Waals surface area contributed by atoms with Crippen molar-refractivity contribution in [2.24, 2.45) is 0 Å². The van der Waals surface area contributed by atoms with Crippen LogP contribution in [0.3, 0.4) is 0 Å². The van der Waals surface area contributed by atoms with Crippen LogP contribution in [-0.2, 0) is 16.4 Å². The highest BCUT2D eigenvalue weighted by Crippen LogP contribution is 2.23. The van der Waals surface area contributed by atoms with Gasteiger partial charge in [0, 0.05) is 12.2 Å². The molecular weight excluding hydrogens is 420 g/mol. The Morgan fingerprint density at radius 2 is 1.67 bits per heavy atom. The molecule has 0 heterocycles. The molecule has 0 aromatic heterocycles. The number of anilines is 1. The quantitative estimate of drug-likeness (QED) is 0.491. The smallest absolute Gasteiger partial charge is 0.261 e. The van der Waals surface area contributed by atoms with E-state index >= 15 is 0 Å². The largest absolute Gasteiger partial charge is 0.352 e. The van der Waals surface area contributed by atoms with Crippen molar-refractivity contribution in [3.8, 4) is 0 Å². The molecule has 0 aliphatic carbocycles. The molecule has 30 heavy (non-hydrogen) atoms. The number of carbonyl (C=O) groups excluding carboxylic acids is 1. The number of halogens is 1. The van der Waals surface area contributed by atoms with Gasteiger partial charge in [0.1, 0.15) is 0 Å². The summed E-state index contributed by atoms with van der Waals surface area (Å²) in [5.41, 5.74) is 2.67. The Kier molecular flexibility index (Phi) is 7.13. The second kappa shape index (κ2) is 9.78. The van der Waals surface area contributed by atoms with E-state index in [0.29, 0.717) is 6.54 Å². The summed E-state index contributed by atoms with van der Waals surface area (Å²) in [5, 5.41) is 3.10. The van der Waals surface area contributed by atoms with E-state index in [1.54, 1.807) is 12.1 Å². The number of nitrogens with one attached hydrogen (secondary N) is 2. The lowest BCUT2D eigenvalue weighted by atomic mass is 10.1. The van der Waals surface area contributed by atoms with Crippen LogP contribution in [0.5, 0.6) is 0 Å². The lowest BCUT2D eigenvalue weighted by Gasteiger charge is -2.11. The van der Waals surface area contributed by atoms with Crippen LogP contribution in [-0.4, -0.2) is 20.9 Å². The van der Waals surface area contributed by atoms with E-state index < -0.39 is 10.0 Å². The van der Waals surface area contributed by atoms with Crippen LogP contribution in [0.2, 0.25) is 5.02 Å². The highest BCUT2D eigenvalue weighted by Gasteiger charge is 2.16. The lowest BCUT2D eigenvalue weighted by molar-refractivity contribution is 0.0953. The van der Waals surface area contributed by atoms with Crippen molar-refractivity contribution in [2.75, 3.05) is 11.3 Å². The molecule has 0 bridgehead atoms. The average molecular weight is 443 g/mol. The fourth-order valence-corrected chi connectivity index (χ4v) is 4.18. The molecule has 7 heteroatoms. The van der Waals surface area contributed by atoms with Crippen molar-refractivity contribution in [2.45, 2.75) is 24.7 Å². The van der Waals surface area contributed by atoms with Crippen molar-refractivity contribution < 1.29 is 13.2 Å². The van der Waals surface area contributed by atoms with E-state index in [2.05, 4.69) is 10.0 Å². The van der Waals surface area contributed by atoms with Gasteiger partial charge in [-0.25, -0.2) is 8.42 Å². The van der Waals surface area contributed by atoms with Crippen molar-refractivity contribution in [1.82, 2.24) is 5.32 Å². The number of carbonyl (C=O) groups is 1. The number of rotatable bonds is 8. The summed E-state index contributed by atoms with van der Waals surface area (Å²) in [4.78, 5) is 12.7. The second-order valence-electron chi connectivity index (χ2n) is 6.96. The summed E-state index contributed by atoms with van der Waals surface area (Å²) < 4.78 is 27.7. The third-order valence-electron chi connectivity index (χ3n) is 4.57. The second-order valence-corrected chi connectivity index (χ2v) is 9.05. The van der Waals surface area contributed by atoms with Crippen LogP contribution in [0.15, 0.2) is 77.7 Å². The molecule has 0 saturated carbocycles. The topological polar surface area (TPSA) is 75.3 Å². The third kappa shape index (κ3) is 5.84. The van der Waals surface area contributed by atoms with Crippen molar-refractivity contribution in [3.63, 3.8) is 0 Å². The molecule has 0 unspecified atom stereocenters. The first-order chi connectivity index (χ1) is 14.3. The van der Waals surface area contributed by atoms with Crippen LogP contribution >= 0.6 is 11.6 Å². The molecule has 2 N–H and O–H groups in total. The monoisotopic (exact) mass is 442 g/mol. The van der Waals surface area contributed by atoms with E-state index in [1.165, 1.54) is 35.9 Å². The first-order valence-corrected chi connectivity index (χ1v) is 11.4. The molecule has 3 aromatic carbocycles. The minimum atomic E-state index is -3.76. The number of sulfonamides is 1. The van der Waals surface area contributed by atoms with Gasteiger partial charge in [0.25, 0.3) is 15.9 Å². The lowest BCUT2D eigenvalue weighted by Crippen LogP contribution is -2.25. The molecule has 0 spiro atoms. The number of benzene rings is 3. The first kappa shape index (κ1) is 21.9. The molecule has 156 valence electrons. The molecule has 0 saturated heterocycles. The molecule has 0 aliphatic heterocycles. The molecular formula is C23H23ClN2O3S. The maximum absolute atomic E-state index is 12.6. The summed E-state index contributed by atoms with van der Waals surface area (Å²) in [5.74, 6) is -0.343. The molecule has 1 amide bonds. The summed E-state index contributed by atoms with van der Waals surface area (Å²) in [6.07, 6.45) is 1.64. The van der Waals surface area contributed by atoms with Crippen molar-refractivity contribution >= 4 is 33.2 Å². The minimum absolute atomic E-state index is 0.148. The van der Waals surface area contributed by atoms with Gasteiger partial charge >= 0.3 is 0 Å². The van der Waals surface area contributed by atoms with Gasteiger partial charge in [-0.15, -0.1) is 0 Å². The Morgan fingerprint density at radius 3 is 2.37 bits per heavy atom. The van der Waals surface area contributed by atoms with Gasteiger partial charge in [-0.2, -0.15) is 0 Å². The van der Waals surface area contributed by atoms with Gasteiger partial charge in [-0.05, 0) is 55.7 Å². The van der Waals surface area contributed by atoms with E-state index in [0.717, 1.165) is 18.4 Å². The minimum Gasteiger partial charge on any atom is -0.352 e. The highest BCUT2D eigenvalue weighted by molar-refractivity contribution is 7.92. The predicted octanol–water partition coefficient (Wildman–Crippen LogP) is 4.81. The fourth-order valence-electron chi connectivity index (χ4n) is 2.93. The zero-order chi connectivity index (χ0) is 21.6. The Labute approximate surface area is 182 Å². The summed E-state index contributed by atoms with van der Waals surface area (Å²) in [7, 11) is -3.76. The highest BCUT2D eigenvalue weighted by atomic mass is 35.5. The maximum atomic E-state index is 12.6. The average Bonchev–Trinajstić information content (AvgIpc) is 2.73. The Morgan fingerprint density at radius 1 is 0.967 bits per heavy atom. The molecule has 3 rings (SSSR count). The van der Waals surface area contributed by atoms with Crippen LogP contribution < -0.4 is 10.0 Å². The third-order valence-corrected chi connectivity index (χ3v) is 6.29. The standard InChI is InChI=1S/C23H23ClN2O3S/c1-17-9-12-20(13-10-17)30(28,29)26-19-11-14-22(24)21(16-19)23(27)25-15-5-8-18-6-3-2-4-7-18/h2-4,6-7,9-14,16,26H,5,8,15H2,1H3,(H,25,27). The molecule has 0 atom stereocenters. The molecule has 3 aromatic rings. The van der Waals surface area contributed by atoms with E-state index in [1.807, 2.05) is 37.3 Å². The van der Waals surface area contributed by atoms with Gasteiger partial charge in [0.15, 0.2) is 0 Å². The van der Waals surface area contributed by atoms with Crippen LogP contribution in [0.1, 0.15) is 27.9 Å². The Bertz CT molecular complexity index is 1110. The summed E-state index contributed by atoms with van der Waals surface area (Å²) >= 11 is 6.17. The van der Waals surface area contributed by atoms with E-state index in [9.17, 15) is 13.2 Å². The normalized spacial score (nSPS) is 11.1. The zero-order valence-corrected chi connectivity index (χ0v) is 18.1. The fraction of sp³-hybridized carbons (Fsp3) is 0.174. The summed E-state index contributed by atoms with van der Waals surface area (Å²) in [6, 6.07) is 21.0. The van der Waals surface area contributed by atoms with Crippen molar-refractivity contribution in [1.29, 1.82) is 0 Å². The molecule has 0 fully saturated rings. The van der Waals surface area contributed by atoms with Gasteiger partial charge in [0.05, 0.1) is 15.5 Å². The van der Waals surface area contributed by atoms with E-state index in [4.69, 9.17) is 11.6 Å². The van der Waals surface area contributed by atoms with Gasteiger partial charge in [0.2, 0.25) is 0 Å². The summed E-state index contributed by atoms with van der Waals surface area (Å²) in [6.45, 7) is 2.37. The molecule has 5 nitrogen and oxygen atoms in total. The molecule has 0 radical (unpaired) electrons. The van der Waals surface area contributed by atoms with E-state index in [-0.39, 0.29) is 27.1 Å². The van der Waals surface area contributed by atoms with Gasteiger partial charge in [-0.1, -0.05) is 59.6 Å². The number of aryl methyl sites for hydroxylation is 2. The number of amides is 1. The SMILES string of the molecule is Cc1ccc(S(=O)(=O)Nc2ccc(Cl)c(C(=O)NCCCc3ccccc3)c2)cc1. The molecule has 0 aliphatic rings. The van der Waals surface area contributed by atoms with Crippen LogP contribution in [0.4, 0.5) is 5.69 Å². The number of hydrogen-bond acceptors (Lipinski definition) is 3. The predicted molar refractivity (Wildman–Crippen MR) is 121 cm³/mol. The van der Waals surface area contributed by atoms with Crippen LogP contribution in [0.25, 0.3) is 0 Å². The number of hydrogen-bond donors (Lipinski definition) is 2. The van der Waals surface area contributed by atoms with Crippen LogP contribution in [0, 0.1) is 6.92 Å². The maximum Gasteiger partial charge on any atom is 0.261 e.